The molecule has 0 fully saturated rings. The molecule has 254 valence electrons. The number of anilines is 2. The van der Waals surface area contributed by atoms with E-state index in [4.69, 9.17) is 0 Å². The van der Waals surface area contributed by atoms with E-state index >= 15 is 0 Å². The van der Waals surface area contributed by atoms with Crippen molar-refractivity contribution in [1.29, 1.82) is 0 Å². The summed E-state index contributed by atoms with van der Waals surface area (Å²) in [5, 5.41) is 2.46. The molecule has 0 spiro atoms. The van der Waals surface area contributed by atoms with E-state index in [0.717, 1.165) is 0 Å². The van der Waals surface area contributed by atoms with Crippen LogP contribution < -0.4 is 9.80 Å². The summed E-state index contributed by atoms with van der Waals surface area (Å²) in [5.41, 5.74) is 13.2. The molecule has 0 saturated carbocycles. The van der Waals surface area contributed by atoms with Gasteiger partial charge in [0.1, 0.15) is 0 Å². The van der Waals surface area contributed by atoms with Crippen LogP contribution in [0.4, 0.5) is 11.4 Å². The van der Waals surface area contributed by atoms with Crippen molar-refractivity contribution in [3.63, 3.8) is 0 Å². The number of rotatable bonds is 7. The Morgan fingerprint density at radius 1 is 0.500 bits per heavy atom. The van der Waals surface area contributed by atoms with Gasteiger partial charge in [-0.1, -0.05) is 150 Å². The summed E-state index contributed by atoms with van der Waals surface area (Å²) in [6, 6.07) is 36.0. The van der Waals surface area contributed by atoms with Gasteiger partial charge in [0.25, 0.3) is 0 Å². The Kier molecular flexibility index (Phi) is 12.6. The summed E-state index contributed by atoms with van der Waals surface area (Å²) < 4.78 is 0. The van der Waals surface area contributed by atoms with Crippen LogP contribution in [0.5, 0.6) is 0 Å². The SMILES string of the molecule is CC(C)c1cccc(C(C)C)c1N1[C-]N(c2c(C(C)C)cccc2C(C)C)C=C1.Cc1cc2[c-]cc(-c3ccccc3)cc2cc1C.[Au]. The molecule has 0 aromatic heterocycles. The second kappa shape index (κ2) is 16.2. The fourth-order valence-electron chi connectivity index (χ4n) is 6.39. The van der Waals surface area contributed by atoms with Gasteiger partial charge in [0, 0.05) is 33.8 Å². The van der Waals surface area contributed by atoms with Crippen molar-refractivity contribution >= 4 is 22.1 Å². The van der Waals surface area contributed by atoms with E-state index in [2.05, 4.69) is 189 Å². The minimum absolute atomic E-state index is 0. The molecule has 1 heterocycles. The number of nitrogens with zero attached hydrogens (tertiary/aromatic N) is 2. The zero-order valence-corrected chi connectivity index (χ0v) is 32.5. The molecule has 0 amide bonds. The van der Waals surface area contributed by atoms with Gasteiger partial charge in [-0.3, -0.25) is 0 Å². The van der Waals surface area contributed by atoms with Gasteiger partial charge < -0.3 is 9.80 Å². The molecule has 5 aromatic carbocycles. The third-order valence-electron chi connectivity index (χ3n) is 9.21. The first kappa shape index (κ1) is 37.3. The van der Waals surface area contributed by atoms with Gasteiger partial charge in [0.15, 0.2) is 0 Å². The molecule has 2 nitrogen and oxygen atoms in total. The van der Waals surface area contributed by atoms with Gasteiger partial charge in [-0.25, -0.2) is 6.67 Å². The van der Waals surface area contributed by atoms with Crippen LogP contribution in [0.25, 0.3) is 21.9 Å². The van der Waals surface area contributed by atoms with Crippen molar-refractivity contribution in [2.75, 3.05) is 9.80 Å². The van der Waals surface area contributed by atoms with Crippen LogP contribution in [-0.4, -0.2) is 0 Å². The Hall–Kier alpha value is -3.56. The molecule has 0 unspecified atom stereocenters. The average molecular weight is 817 g/mol. The summed E-state index contributed by atoms with van der Waals surface area (Å²) in [4.78, 5) is 4.40. The fraction of sp³-hybridized carbons (Fsp3) is 0.311. The standard InChI is InChI=1S/C27H36N2.C18H15.Au/c1-18(2)22-11-9-12-23(19(3)4)26(22)28-15-16-29(17-28)27-24(20(5)6)13-10-14-25(27)21(7)8;1-13-10-16-8-9-17(12-18(16)11-14(13)2)15-6-4-3-5-7-15;/h9-16,18-21H,1-8H3;3-7,9-12H,1-2H3;/q2*-1;. The number of fused-ring (bicyclic) bond motifs is 1. The monoisotopic (exact) mass is 816 g/mol. The normalized spacial score (nSPS) is 12.7. The maximum atomic E-state index is 3.66. The third kappa shape index (κ3) is 8.17. The zero-order valence-electron chi connectivity index (χ0n) is 30.3. The van der Waals surface area contributed by atoms with E-state index in [1.54, 1.807) is 0 Å². The third-order valence-corrected chi connectivity index (χ3v) is 9.21. The van der Waals surface area contributed by atoms with Crippen LogP contribution >= 0.6 is 0 Å². The first-order chi connectivity index (χ1) is 22.5. The predicted molar refractivity (Wildman–Crippen MR) is 204 cm³/mol. The van der Waals surface area contributed by atoms with Gasteiger partial charge in [0.05, 0.1) is 0 Å². The van der Waals surface area contributed by atoms with Crippen molar-refractivity contribution in [1.82, 2.24) is 0 Å². The smallest absolute Gasteiger partial charge is 0.0175 e. The van der Waals surface area contributed by atoms with E-state index < -0.39 is 0 Å². The van der Waals surface area contributed by atoms with E-state index in [-0.39, 0.29) is 22.4 Å². The molecule has 6 rings (SSSR count). The number of benzene rings is 5. The minimum atomic E-state index is 0. The van der Waals surface area contributed by atoms with Crippen molar-refractivity contribution in [3.05, 3.63) is 150 Å². The Morgan fingerprint density at radius 3 is 1.38 bits per heavy atom. The molecular formula is C45H51AuN2-2. The summed E-state index contributed by atoms with van der Waals surface area (Å²) in [7, 11) is 0. The van der Waals surface area contributed by atoms with Crippen molar-refractivity contribution in [2.24, 2.45) is 0 Å². The molecule has 1 aliphatic rings. The van der Waals surface area contributed by atoms with Crippen LogP contribution in [0, 0.1) is 26.6 Å². The zero-order chi connectivity index (χ0) is 33.8. The van der Waals surface area contributed by atoms with Crippen LogP contribution in [-0.2, 0) is 22.4 Å². The Balaban J connectivity index is 0.000000234. The molecule has 5 aromatic rings. The van der Waals surface area contributed by atoms with Crippen molar-refractivity contribution in [2.45, 2.75) is 92.9 Å². The van der Waals surface area contributed by atoms with Crippen LogP contribution in [0.2, 0.25) is 0 Å². The van der Waals surface area contributed by atoms with Gasteiger partial charge in [0.2, 0.25) is 0 Å². The molecule has 0 bridgehead atoms. The van der Waals surface area contributed by atoms with Crippen LogP contribution in [0.15, 0.2) is 103 Å². The topological polar surface area (TPSA) is 6.48 Å². The van der Waals surface area contributed by atoms with E-state index in [9.17, 15) is 0 Å². The molecule has 1 aliphatic heterocycles. The second-order valence-corrected chi connectivity index (χ2v) is 14.1. The average Bonchev–Trinajstić information content (AvgIpc) is 3.54. The quantitative estimate of drug-likeness (QED) is 0.119. The van der Waals surface area contributed by atoms with Gasteiger partial charge in [-0.2, -0.15) is 0 Å². The van der Waals surface area contributed by atoms with Crippen molar-refractivity contribution in [3.8, 4) is 11.1 Å². The van der Waals surface area contributed by atoms with E-state index in [1.165, 1.54) is 66.7 Å². The van der Waals surface area contributed by atoms with Gasteiger partial charge in [-0.15, -0.1) is 35.0 Å². The molecule has 2 radical (unpaired) electrons. The first-order valence-electron chi connectivity index (χ1n) is 17.2. The predicted octanol–water partition coefficient (Wildman–Crippen LogP) is 12.9. The fourth-order valence-corrected chi connectivity index (χ4v) is 6.39. The molecule has 48 heavy (non-hydrogen) atoms. The summed E-state index contributed by atoms with van der Waals surface area (Å²) in [6.07, 6.45) is 4.32. The summed E-state index contributed by atoms with van der Waals surface area (Å²) >= 11 is 0. The van der Waals surface area contributed by atoms with Crippen molar-refractivity contribution < 1.29 is 22.4 Å². The first-order valence-corrected chi connectivity index (χ1v) is 17.2. The van der Waals surface area contributed by atoms with Gasteiger partial charge >= 0.3 is 0 Å². The number of para-hydroxylation sites is 2. The summed E-state index contributed by atoms with van der Waals surface area (Å²) in [6.45, 7) is 26.1. The van der Waals surface area contributed by atoms with E-state index in [1.807, 2.05) is 6.07 Å². The number of hydrogen-bond acceptors (Lipinski definition) is 2. The Bertz CT molecular complexity index is 1730. The molecule has 3 heteroatoms. The molecule has 0 saturated heterocycles. The maximum absolute atomic E-state index is 3.66. The molecular weight excluding hydrogens is 765 g/mol. The van der Waals surface area contributed by atoms with E-state index in [0.29, 0.717) is 23.7 Å². The Labute approximate surface area is 306 Å². The minimum Gasteiger partial charge on any atom is -0.504 e. The number of hydrogen-bond donors (Lipinski definition) is 0. The molecule has 0 atom stereocenters. The molecule has 0 N–H and O–H groups in total. The largest absolute Gasteiger partial charge is 0.504 e. The second-order valence-electron chi connectivity index (χ2n) is 14.1. The summed E-state index contributed by atoms with van der Waals surface area (Å²) in [5.74, 6) is 1.84. The number of aryl methyl sites for hydroxylation is 2. The van der Waals surface area contributed by atoms with Crippen LogP contribution in [0.1, 0.15) is 112 Å². The maximum Gasteiger partial charge on any atom is 0.0175 e. The molecule has 0 aliphatic carbocycles. The van der Waals surface area contributed by atoms with Gasteiger partial charge in [-0.05, 0) is 72.2 Å². The van der Waals surface area contributed by atoms with Crippen LogP contribution in [0.3, 0.4) is 0 Å². The Morgan fingerprint density at radius 2 is 0.938 bits per heavy atom.